The fourth-order valence-corrected chi connectivity index (χ4v) is 1.39. The van der Waals surface area contributed by atoms with E-state index in [1.807, 2.05) is 26.0 Å². The van der Waals surface area contributed by atoms with Crippen LogP contribution in [0, 0.1) is 0 Å². The van der Waals surface area contributed by atoms with Crippen LogP contribution in [0.3, 0.4) is 0 Å². The Kier molecular flexibility index (Phi) is 8.87. The molecule has 1 amide bonds. The lowest BCUT2D eigenvalue weighted by Gasteiger charge is -2.13. The van der Waals surface area contributed by atoms with Gasteiger partial charge < -0.3 is 0 Å². The van der Waals surface area contributed by atoms with E-state index in [-0.39, 0.29) is 5.91 Å². The number of hydroxylamine groups is 2. The Hall–Kier alpha value is -2.01. The summed E-state index contributed by atoms with van der Waals surface area (Å²) >= 11 is 0. The van der Waals surface area contributed by atoms with Crippen LogP contribution in [0.25, 0.3) is 0 Å². The molecule has 0 unspecified atom stereocenters. The summed E-state index contributed by atoms with van der Waals surface area (Å²) in [5.74, 6) is -0.206. The van der Waals surface area contributed by atoms with Gasteiger partial charge in [0.15, 0.2) is 0 Å². The lowest BCUT2D eigenvalue weighted by Crippen LogP contribution is -2.26. The van der Waals surface area contributed by atoms with Gasteiger partial charge >= 0.3 is 0 Å². The van der Waals surface area contributed by atoms with Gasteiger partial charge in [-0.2, -0.15) is 0 Å². The third-order valence-corrected chi connectivity index (χ3v) is 2.45. The molecule has 0 spiro atoms. The van der Waals surface area contributed by atoms with Crippen LogP contribution in [0.15, 0.2) is 41.2 Å². The second kappa shape index (κ2) is 9.86. The summed E-state index contributed by atoms with van der Waals surface area (Å²) < 4.78 is 0. The summed E-state index contributed by atoms with van der Waals surface area (Å²) in [4.78, 5) is 24.8. The molecular formula is C15H23N3O2. The number of carbonyl (C=O) groups is 1. The molecule has 0 atom stereocenters. The van der Waals surface area contributed by atoms with Crippen LogP contribution in [0.5, 0.6) is 0 Å². The van der Waals surface area contributed by atoms with Gasteiger partial charge in [-0.05, 0) is 25.1 Å². The lowest BCUT2D eigenvalue weighted by molar-refractivity contribution is -0.163. The Morgan fingerprint density at radius 1 is 1.45 bits per heavy atom. The first-order valence-corrected chi connectivity index (χ1v) is 6.47. The van der Waals surface area contributed by atoms with Gasteiger partial charge in [0, 0.05) is 37.6 Å². The molecule has 1 rings (SSSR count). The Labute approximate surface area is 121 Å². The zero-order chi connectivity index (χ0) is 15.5. The van der Waals surface area contributed by atoms with E-state index >= 15 is 0 Å². The molecule has 0 aliphatic carbocycles. The number of hydrogen-bond donors (Lipinski definition) is 0. The van der Waals surface area contributed by atoms with E-state index in [4.69, 9.17) is 4.84 Å². The van der Waals surface area contributed by atoms with Crippen LogP contribution in [-0.2, 0) is 9.63 Å². The average Bonchev–Trinajstić information content (AvgIpc) is 2.53. The lowest BCUT2D eigenvalue weighted by atomic mass is 10.1. The maximum atomic E-state index is 11.8. The second-order valence-corrected chi connectivity index (χ2v) is 3.66. The topological polar surface area (TPSA) is 54.8 Å². The molecule has 0 radical (unpaired) electrons. The zero-order valence-corrected chi connectivity index (χ0v) is 13.0. The van der Waals surface area contributed by atoms with Crippen molar-refractivity contribution >= 4 is 11.6 Å². The molecule has 0 aliphatic rings. The molecule has 110 valence electrons. The molecular weight excluding hydrogens is 254 g/mol. The Morgan fingerprint density at radius 2 is 2.10 bits per heavy atom. The molecule has 0 saturated heterocycles. The first-order valence-electron chi connectivity index (χ1n) is 6.47. The quantitative estimate of drug-likeness (QED) is 0.482. The van der Waals surface area contributed by atoms with E-state index in [0.29, 0.717) is 11.3 Å². The van der Waals surface area contributed by atoms with Crippen molar-refractivity contribution in [1.29, 1.82) is 0 Å². The molecule has 1 aromatic heterocycles. The normalized spacial score (nSPS) is 11.5. The summed E-state index contributed by atoms with van der Waals surface area (Å²) in [6, 6.07) is 3.72. The molecule has 20 heavy (non-hydrogen) atoms. The monoisotopic (exact) mass is 277 g/mol. The number of aliphatic imine (C=N–C) groups is 1. The van der Waals surface area contributed by atoms with Gasteiger partial charge in [0.1, 0.15) is 0 Å². The smallest absolute Gasteiger partial charge is 0.272 e. The molecule has 0 aromatic carbocycles. The van der Waals surface area contributed by atoms with Crippen LogP contribution in [-0.4, -0.2) is 42.9 Å². The average molecular weight is 277 g/mol. The number of hydrogen-bond acceptors (Lipinski definition) is 4. The van der Waals surface area contributed by atoms with Crippen LogP contribution >= 0.6 is 0 Å². The fourth-order valence-electron chi connectivity index (χ4n) is 1.39. The molecule has 0 N–H and O–H groups in total. The Morgan fingerprint density at radius 3 is 2.55 bits per heavy atom. The van der Waals surface area contributed by atoms with Crippen LogP contribution in [0.4, 0.5) is 0 Å². The number of likely N-dealkylation sites (N-methyl/N-ethyl adjacent to an activating group) is 1. The van der Waals surface area contributed by atoms with E-state index in [1.165, 1.54) is 12.2 Å². The number of amides is 1. The SMILES string of the molecule is CC.CN=C(/C=C(\C)C(=O)N(C)OC)c1cccnc1. The van der Waals surface area contributed by atoms with Gasteiger partial charge in [-0.3, -0.25) is 19.6 Å². The predicted molar refractivity (Wildman–Crippen MR) is 81.6 cm³/mol. The number of rotatable bonds is 4. The molecule has 0 saturated carbocycles. The van der Waals surface area contributed by atoms with Crippen molar-refractivity contribution < 1.29 is 9.63 Å². The van der Waals surface area contributed by atoms with Crippen molar-refractivity contribution in [3.8, 4) is 0 Å². The maximum absolute atomic E-state index is 11.8. The van der Waals surface area contributed by atoms with Gasteiger partial charge in [-0.15, -0.1) is 0 Å². The summed E-state index contributed by atoms with van der Waals surface area (Å²) in [6.07, 6.45) is 5.11. The van der Waals surface area contributed by atoms with E-state index in [1.54, 1.807) is 39.5 Å². The van der Waals surface area contributed by atoms with Crippen molar-refractivity contribution in [2.75, 3.05) is 21.2 Å². The third kappa shape index (κ3) is 5.32. The van der Waals surface area contributed by atoms with E-state index < -0.39 is 0 Å². The second-order valence-electron chi connectivity index (χ2n) is 3.66. The Balaban J connectivity index is 0.00000172. The highest BCUT2D eigenvalue weighted by atomic mass is 16.7. The molecule has 5 heteroatoms. The largest absolute Gasteiger partial charge is 0.288 e. The van der Waals surface area contributed by atoms with Crippen LogP contribution < -0.4 is 0 Å². The minimum Gasteiger partial charge on any atom is -0.288 e. The fraction of sp³-hybridized carbons (Fsp3) is 0.400. The first kappa shape index (κ1) is 18.0. The van der Waals surface area contributed by atoms with Crippen molar-refractivity contribution in [2.45, 2.75) is 20.8 Å². The van der Waals surface area contributed by atoms with Crippen molar-refractivity contribution in [2.24, 2.45) is 4.99 Å². The van der Waals surface area contributed by atoms with Gasteiger partial charge in [0.25, 0.3) is 5.91 Å². The number of allylic oxidation sites excluding steroid dienone is 1. The summed E-state index contributed by atoms with van der Waals surface area (Å²) in [5.41, 5.74) is 2.12. The van der Waals surface area contributed by atoms with Crippen molar-refractivity contribution in [1.82, 2.24) is 10.0 Å². The van der Waals surface area contributed by atoms with E-state index in [0.717, 1.165) is 5.56 Å². The van der Waals surface area contributed by atoms with Gasteiger partial charge in [-0.1, -0.05) is 13.8 Å². The van der Waals surface area contributed by atoms with Gasteiger partial charge in [-0.25, -0.2) is 5.06 Å². The third-order valence-electron chi connectivity index (χ3n) is 2.45. The molecule has 0 bridgehead atoms. The number of nitrogens with zero attached hydrogens (tertiary/aromatic N) is 3. The summed E-state index contributed by atoms with van der Waals surface area (Å²) in [5, 5.41) is 1.17. The molecule has 0 fully saturated rings. The van der Waals surface area contributed by atoms with Gasteiger partial charge in [0.05, 0.1) is 12.8 Å². The van der Waals surface area contributed by atoms with Gasteiger partial charge in [0.2, 0.25) is 0 Å². The zero-order valence-electron chi connectivity index (χ0n) is 13.0. The van der Waals surface area contributed by atoms with Crippen molar-refractivity contribution in [3.63, 3.8) is 0 Å². The summed E-state index contributed by atoms with van der Waals surface area (Å²) in [7, 11) is 4.68. The van der Waals surface area contributed by atoms with E-state index in [9.17, 15) is 4.79 Å². The van der Waals surface area contributed by atoms with Crippen LogP contribution in [0.1, 0.15) is 26.3 Å². The minimum atomic E-state index is -0.206. The van der Waals surface area contributed by atoms with Crippen molar-refractivity contribution in [3.05, 3.63) is 41.7 Å². The molecule has 5 nitrogen and oxygen atoms in total. The highest BCUT2D eigenvalue weighted by Gasteiger charge is 2.11. The molecule has 1 heterocycles. The molecule has 0 aliphatic heterocycles. The Bertz CT molecular complexity index is 467. The highest BCUT2D eigenvalue weighted by Crippen LogP contribution is 2.06. The predicted octanol–water partition coefficient (Wildman–Crippen LogP) is 2.49. The number of aromatic nitrogens is 1. The highest BCUT2D eigenvalue weighted by molar-refractivity contribution is 6.12. The minimum absolute atomic E-state index is 0.206. The first-order chi connectivity index (χ1) is 9.60. The molecule has 1 aromatic rings. The summed E-state index contributed by atoms with van der Waals surface area (Å²) in [6.45, 7) is 5.72. The van der Waals surface area contributed by atoms with E-state index in [2.05, 4.69) is 9.98 Å². The van der Waals surface area contributed by atoms with Crippen LogP contribution in [0.2, 0.25) is 0 Å². The standard InChI is InChI=1S/C13H17N3O2.C2H6/c1-10(13(17)16(3)18-4)8-12(14-2)11-6-5-7-15-9-11;1-2/h5-9H,1-4H3;1-2H3/b10-8+,14-12?;. The number of pyridine rings is 1. The maximum Gasteiger partial charge on any atom is 0.272 e. The number of carbonyl (C=O) groups excluding carboxylic acids is 1.